The summed E-state index contributed by atoms with van der Waals surface area (Å²) in [5.74, 6) is -0.853. The van der Waals surface area contributed by atoms with E-state index in [-0.39, 0.29) is 12.0 Å². The van der Waals surface area contributed by atoms with Crippen molar-refractivity contribution in [1.82, 2.24) is 5.32 Å². The van der Waals surface area contributed by atoms with Crippen LogP contribution in [0.2, 0.25) is 0 Å². The fourth-order valence-electron chi connectivity index (χ4n) is 1.69. The molecule has 0 heterocycles. The van der Waals surface area contributed by atoms with Crippen LogP contribution in [0.3, 0.4) is 0 Å². The predicted molar refractivity (Wildman–Crippen MR) is 83.2 cm³/mol. The number of carboxylic acid groups (broad SMARTS) is 1. The van der Waals surface area contributed by atoms with Crippen molar-refractivity contribution in [3.63, 3.8) is 0 Å². The number of hydrogen-bond acceptors (Lipinski definition) is 3. The van der Waals surface area contributed by atoms with Gasteiger partial charge in [-0.05, 0) is 39.5 Å². The van der Waals surface area contributed by atoms with Gasteiger partial charge in [0.25, 0.3) is 0 Å². The molecule has 0 spiro atoms. The average molecular weight is 299 g/mol. The number of aliphatic carboxylic acids is 1. The minimum atomic E-state index is -0.930. The molecule has 1 amide bonds. The van der Waals surface area contributed by atoms with E-state index in [1.54, 1.807) is 26.8 Å². The van der Waals surface area contributed by atoms with Gasteiger partial charge in [-0.25, -0.2) is 9.59 Å². The average Bonchev–Trinajstić information content (AvgIpc) is 2.29. The highest BCUT2D eigenvalue weighted by molar-refractivity contribution is 5.86. The van der Waals surface area contributed by atoms with E-state index in [2.05, 4.69) is 5.32 Å². The summed E-state index contributed by atoms with van der Waals surface area (Å²) in [6, 6.07) is -0.359. The van der Waals surface area contributed by atoms with Crippen molar-refractivity contribution in [1.29, 1.82) is 0 Å². The zero-order valence-corrected chi connectivity index (χ0v) is 14.0. The van der Waals surface area contributed by atoms with Crippen LogP contribution in [0.1, 0.15) is 60.8 Å². The molecule has 0 rings (SSSR count). The van der Waals surface area contributed by atoms with Crippen LogP contribution >= 0.6 is 0 Å². The molecule has 0 radical (unpaired) electrons. The molecule has 21 heavy (non-hydrogen) atoms. The van der Waals surface area contributed by atoms with E-state index < -0.39 is 17.7 Å². The van der Waals surface area contributed by atoms with Gasteiger partial charge in [0.05, 0.1) is 6.04 Å². The second-order valence-corrected chi connectivity index (χ2v) is 6.52. The monoisotopic (exact) mass is 299 g/mol. The first-order chi connectivity index (χ1) is 9.56. The summed E-state index contributed by atoms with van der Waals surface area (Å²) in [7, 11) is 0. The molecule has 0 saturated carbocycles. The van der Waals surface area contributed by atoms with E-state index in [4.69, 9.17) is 4.74 Å². The summed E-state index contributed by atoms with van der Waals surface area (Å²) in [5, 5.41) is 12.0. The first-order valence-corrected chi connectivity index (χ1v) is 7.50. The van der Waals surface area contributed by atoms with Gasteiger partial charge in [-0.1, -0.05) is 33.3 Å². The van der Waals surface area contributed by atoms with Gasteiger partial charge in [0.1, 0.15) is 5.60 Å². The maximum Gasteiger partial charge on any atom is 0.408 e. The molecule has 0 aliphatic rings. The smallest absolute Gasteiger partial charge is 0.408 e. The Labute approximate surface area is 127 Å². The molecule has 0 aromatic rings. The number of carbonyl (C=O) groups excluding carboxylic acids is 1. The van der Waals surface area contributed by atoms with Crippen molar-refractivity contribution < 1.29 is 19.4 Å². The Bertz CT molecular complexity index is 380. The standard InChI is InChI=1S/C16H29NO4/c1-7-8-9-12(14(18)19)10-13(11(2)3)17-15(20)21-16(4,5)6/h10-11,13H,7-9H2,1-6H3,(H,17,20)(H,18,19)/t13-/m1/s1. The normalized spacial score (nSPS) is 14.0. The quantitative estimate of drug-likeness (QED) is 0.702. The van der Waals surface area contributed by atoms with Crippen molar-refractivity contribution in [2.24, 2.45) is 5.92 Å². The SMILES string of the molecule is CCCCC(=C[C@@H](NC(=O)OC(C)(C)C)C(C)C)C(=O)O. The Hall–Kier alpha value is -1.52. The minimum absolute atomic E-state index is 0.0773. The van der Waals surface area contributed by atoms with Crippen LogP contribution in [0.25, 0.3) is 0 Å². The van der Waals surface area contributed by atoms with Crippen LogP contribution in [0.4, 0.5) is 4.79 Å². The van der Waals surface area contributed by atoms with Crippen molar-refractivity contribution in [2.75, 3.05) is 0 Å². The number of nitrogens with one attached hydrogen (secondary N) is 1. The van der Waals surface area contributed by atoms with E-state index in [1.807, 2.05) is 20.8 Å². The van der Waals surface area contributed by atoms with Crippen LogP contribution < -0.4 is 5.32 Å². The van der Waals surface area contributed by atoms with Crippen LogP contribution in [0, 0.1) is 5.92 Å². The largest absolute Gasteiger partial charge is 0.478 e. The molecule has 5 nitrogen and oxygen atoms in total. The summed E-state index contributed by atoms with van der Waals surface area (Å²) in [6.45, 7) is 11.2. The maximum atomic E-state index is 11.8. The maximum absolute atomic E-state index is 11.8. The molecule has 0 fully saturated rings. The van der Waals surface area contributed by atoms with Crippen molar-refractivity contribution >= 4 is 12.1 Å². The number of ether oxygens (including phenoxy) is 1. The fourth-order valence-corrected chi connectivity index (χ4v) is 1.69. The van der Waals surface area contributed by atoms with Gasteiger partial charge in [0.15, 0.2) is 0 Å². The van der Waals surface area contributed by atoms with Crippen LogP contribution in [-0.4, -0.2) is 28.8 Å². The number of rotatable bonds is 7. The molecule has 0 bridgehead atoms. The lowest BCUT2D eigenvalue weighted by Crippen LogP contribution is -2.41. The first-order valence-electron chi connectivity index (χ1n) is 7.50. The van der Waals surface area contributed by atoms with Crippen molar-refractivity contribution in [2.45, 2.75) is 72.4 Å². The first kappa shape index (κ1) is 19.5. The van der Waals surface area contributed by atoms with Crippen LogP contribution in [0.15, 0.2) is 11.6 Å². The Balaban J connectivity index is 4.95. The Morgan fingerprint density at radius 2 is 1.86 bits per heavy atom. The van der Waals surface area contributed by atoms with Gasteiger partial charge in [0.2, 0.25) is 0 Å². The van der Waals surface area contributed by atoms with Crippen molar-refractivity contribution in [3.05, 3.63) is 11.6 Å². The lowest BCUT2D eigenvalue weighted by atomic mass is 9.99. The number of amides is 1. The zero-order chi connectivity index (χ0) is 16.6. The summed E-state index contributed by atoms with van der Waals surface area (Å²) in [4.78, 5) is 23.1. The molecular formula is C16H29NO4. The molecule has 5 heteroatoms. The third-order valence-corrected chi connectivity index (χ3v) is 2.86. The summed E-state index contributed by atoms with van der Waals surface area (Å²) in [6.07, 6.45) is 3.35. The van der Waals surface area contributed by atoms with Gasteiger partial charge in [0, 0.05) is 5.57 Å². The number of unbranched alkanes of at least 4 members (excludes halogenated alkanes) is 1. The highest BCUT2D eigenvalue weighted by Gasteiger charge is 2.21. The summed E-state index contributed by atoms with van der Waals surface area (Å²) < 4.78 is 5.21. The second kappa shape index (κ2) is 8.70. The van der Waals surface area contributed by atoms with Gasteiger partial charge >= 0.3 is 12.1 Å². The topological polar surface area (TPSA) is 75.6 Å². The Kier molecular flexibility index (Phi) is 8.07. The minimum Gasteiger partial charge on any atom is -0.478 e. The van der Waals surface area contributed by atoms with E-state index in [1.165, 1.54) is 0 Å². The Morgan fingerprint density at radius 1 is 1.29 bits per heavy atom. The van der Waals surface area contributed by atoms with Crippen LogP contribution in [0.5, 0.6) is 0 Å². The molecule has 0 unspecified atom stereocenters. The zero-order valence-electron chi connectivity index (χ0n) is 14.0. The van der Waals surface area contributed by atoms with E-state index in [0.717, 1.165) is 12.8 Å². The molecular weight excluding hydrogens is 270 g/mol. The number of alkyl carbamates (subject to hydrolysis) is 1. The molecule has 2 N–H and O–H groups in total. The molecule has 0 aromatic carbocycles. The fraction of sp³-hybridized carbons (Fsp3) is 0.750. The lowest BCUT2D eigenvalue weighted by molar-refractivity contribution is -0.132. The highest BCUT2D eigenvalue weighted by Crippen LogP contribution is 2.14. The number of carbonyl (C=O) groups is 2. The Morgan fingerprint density at radius 3 is 2.24 bits per heavy atom. The lowest BCUT2D eigenvalue weighted by Gasteiger charge is -2.24. The van der Waals surface area contributed by atoms with Gasteiger partial charge in [-0.2, -0.15) is 0 Å². The highest BCUT2D eigenvalue weighted by atomic mass is 16.6. The van der Waals surface area contributed by atoms with Gasteiger partial charge < -0.3 is 15.2 Å². The van der Waals surface area contributed by atoms with Gasteiger partial charge in [-0.15, -0.1) is 0 Å². The third-order valence-electron chi connectivity index (χ3n) is 2.86. The molecule has 0 saturated heterocycles. The number of hydrogen-bond donors (Lipinski definition) is 2. The summed E-state index contributed by atoms with van der Waals surface area (Å²) in [5.41, 5.74) is -0.237. The van der Waals surface area contributed by atoms with Crippen molar-refractivity contribution in [3.8, 4) is 0 Å². The van der Waals surface area contributed by atoms with E-state index >= 15 is 0 Å². The molecule has 1 atom stereocenters. The molecule has 0 aliphatic carbocycles. The third kappa shape index (κ3) is 9.10. The van der Waals surface area contributed by atoms with Gasteiger partial charge in [-0.3, -0.25) is 0 Å². The summed E-state index contributed by atoms with van der Waals surface area (Å²) >= 11 is 0. The molecule has 0 aromatic heterocycles. The van der Waals surface area contributed by atoms with Crippen LogP contribution in [-0.2, 0) is 9.53 Å². The second-order valence-electron chi connectivity index (χ2n) is 6.52. The molecule has 122 valence electrons. The predicted octanol–water partition coefficient (Wildman–Crippen LogP) is 3.74. The van der Waals surface area contributed by atoms with E-state index in [0.29, 0.717) is 12.0 Å². The van der Waals surface area contributed by atoms with E-state index in [9.17, 15) is 14.7 Å². The number of carboxylic acids is 1. The molecule has 0 aliphatic heterocycles.